The minimum absolute atomic E-state index is 0.0850. The van der Waals surface area contributed by atoms with E-state index < -0.39 is 0 Å². The minimum atomic E-state index is -0.0850. The molecule has 0 fully saturated rings. The van der Waals surface area contributed by atoms with Crippen LogP contribution in [0.25, 0.3) is 16.8 Å². The van der Waals surface area contributed by atoms with Gasteiger partial charge in [-0.1, -0.05) is 60.7 Å². The molecule has 0 atom stereocenters. The highest BCUT2D eigenvalue weighted by Gasteiger charge is 2.13. The number of aromatic nitrogens is 3. The van der Waals surface area contributed by atoms with E-state index in [2.05, 4.69) is 17.1 Å². The van der Waals surface area contributed by atoms with Crippen LogP contribution < -0.4 is 10.1 Å². The predicted octanol–water partition coefficient (Wildman–Crippen LogP) is 2.63. The average molecular weight is 302 g/mol. The standard InChI is InChI=1S/C19H15N3O/c23-19-18-13-21(11-15-7-3-1-4-8-15)14-22(18)12-17(20-19)16-9-5-2-6-10-16/h1-10,12-14H,11H2/p+1. The third-order valence-electron chi connectivity index (χ3n) is 3.88. The second kappa shape index (κ2) is 5.57. The van der Waals surface area contributed by atoms with Gasteiger partial charge in [0.1, 0.15) is 18.9 Å². The van der Waals surface area contributed by atoms with E-state index in [1.807, 2.05) is 76.2 Å². The SMILES string of the molecule is O=c1[nH]c(-c2ccccc2)cn2c[n+](Cc3ccccc3)cc12. The molecule has 0 aliphatic carbocycles. The molecule has 0 aliphatic heterocycles. The summed E-state index contributed by atoms with van der Waals surface area (Å²) in [6.45, 7) is 0.739. The Bertz CT molecular complexity index is 1000. The fourth-order valence-corrected chi connectivity index (χ4v) is 2.76. The molecule has 2 aromatic heterocycles. The lowest BCUT2D eigenvalue weighted by Gasteiger charge is -1.98. The fraction of sp³-hybridized carbons (Fsp3) is 0.0526. The van der Waals surface area contributed by atoms with Crippen LogP contribution in [-0.2, 0) is 6.54 Å². The molecule has 0 spiro atoms. The maximum absolute atomic E-state index is 12.3. The first-order chi connectivity index (χ1) is 11.3. The number of hydrogen-bond donors (Lipinski definition) is 1. The first kappa shape index (κ1) is 13.5. The van der Waals surface area contributed by atoms with Crippen molar-refractivity contribution < 1.29 is 4.57 Å². The molecule has 0 saturated carbocycles. The molecule has 0 unspecified atom stereocenters. The molecule has 0 aliphatic rings. The molecular formula is C19H16N3O+. The van der Waals surface area contributed by atoms with Crippen molar-refractivity contribution in [2.24, 2.45) is 0 Å². The number of benzene rings is 2. The van der Waals surface area contributed by atoms with E-state index in [4.69, 9.17) is 0 Å². The molecule has 0 radical (unpaired) electrons. The normalized spacial score (nSPS) is 11.0. The molecule has 4 aromatic rings. The maximum Gasteiger partial charge on any atom is 0.299 e. The second-order valence-corrected chi connectivity index (χ2v) is 5.56. The highest BCUT2D eigenvalue weighted by molar-refractivity contribution is 5.59. The van der Waals surface area contributed by atoms with Gasteiger partial charge in [-0.15, -0.1) is 0 Å². The van der Waals surface area contributed by atoms with E-state index in [1.54, 1.807) is 0 Å². The van der Waals surface area contributed by atoms with E-state index in [0.717, 1.165) is 17.8 Å². The third kappa shape index (κ3) is 2.66. The molecule has 0 saturated heterocycles. The Balaban J connectivity index is 1.77. The molecule has 2 heterocycles. The van der Waals surface area contributed by atoms with Gasteiger partial charge in [-0.2, -0.15) is 4.40 Å². The Morgan fingerprint density at radius 1 is 0.957 bits per heavy atom. The van der Waals surface area contributed by atoms with Crippen LogP contribution >= 0.6 is 0 Å². The topological polar surface area (TPSA) is 41.1 Å². The maximum atomic E-state index is 12.3. The van der Waals surface area contributed by atoms with Crippen LogP contribution in [0.1, 0.15) is 5.56 Å². The van der Waals surface area contributed by atoms with Gasteiger partial charge in [-0.25, -0.2) is 4.57 Å². The number of rotatable bonds is 3. The van der Waals surface area contributed by atoms with Crippen molar-refractivity contribution in [2.75, 3.05) is 0 Å². The summed E-state index contributed by atoms with van der Waals surface area (Å²) in [5, 5.41) is 0. The summed E-state index contributed by atoms with van der Waals surface area (Å²) in [7, 11) is 0. The minimum Gasteiger partial charge on any atom is -0.315 e. The summed E-state index contributed by atoms with van der Waals surface area (Å²) in [6, 6.07) is 20.1. The van der Waals surface area contributed by atoms with Crippen molar-refractivity contribution >= 4 is 5.52 Å². The molecule has 0 bridgehead atoms. The Morgan fingerprint density at radius 2 is 1.65 bits per heavy atom. The second-order valence-electron chi connectivity index (χ2n) is 5.56. The molecule has 4 heteroatoms. The highest BCUT2D eigenvalue weighted by atomic mass is 16.1. The van der Waals surface area contributed by atoms with Gasteiger partial charge in [0, 0.05) is 5.56 Å². The lowest BCUT2D eigenvalue weighted by Crippen LogP contribution is -2.31. The van der Waals surface area contributed by atoms with Crippen LogP contribution in [0.15, 0.2) is 84.2 Å². The number of H-pyrrole nitrogens is 1. The Hall–Kier alpha value is -3.14. The summed E-state index contributed by atoms with van der Waals surface area (Å²) >= 11 is 0. The Morgan fingerprint density at radius 3 is 2.39 bits per heavy atom. The predicted molar refractivity (Wildman–Crippen MR) is 89.2 cm³/mol. The van der Waals surface area contributed by atoms with Gasteiger partial charge in [-0.05, 0) is 5.56 Å². The molecule has 0 amide bonds. The van der Waals surface area contributed by atoms with Gasteiger partial charge in [-0.3, -0.25) is 4.79 Å². The molecule has 1 N–H and O–H groups in total. The smallest absolute Gasteiger partial charge is 0.299 e. The molecule has 23 heavy (non-hydrogen) atoms. The van der Waals surface area contributed by atoms with Crippen molar-refractivity contribution in [2.45, 2.75) is 6.54 Å². The zero-order chi connectivity index (χ0) is 15.6. The van der Waals surface area contributed by atoms with E-state index in [1.165, 1.54) is 5.56 Å². The highest BCUT2D eigenvalue weighted by Crippen LogP contribution is 2.14. The summed E-state index contributed by atoms with van der Waals surface area (Å²) in [5.74, 6) is 0. The van der Waals surface area contributed by atoms with Gasteiger partial charge < -0.3 is 4.98 Å². The van der Waals surface area contributed by atoms with Crippen LogP contribution in [0.3, 0.4) is 0 Å². The van der Waals surface area contributed by atoms with E-state index in [-0.39, 0.29) is 5.56 Å². The number of aromatic amines is 1. The van der Waals surface area contributed by atoms with Crippen molar-refractivity contribution in [3.05, 3.63) is 95.3 Å². The first-order valence-corrected chi connectivity index (χ1v) is 7.53. The summed E-state index contributed by atoms with van der Waals surface area (Å²) in [6.07, 6.45) is 5.78. The molecule has 112 valence electrons. The number of nitrogens with one attached hydrogen (secondary N) is 1. The Labute approximate surface area is 133 Å². The van der Waals surface area contributed by atoms with Crippen LogP contribution in [0.5, 0.6) is 0 Å². The van der Waals surface area contributed by atoms with E-state index in [9.17, 15) is 4.79 Å². The number of nitrogens with zero attached hydrogens (tertiary/aromatic N) is 2. The quantitative estimate of drug-likeness (QED) is 0.581. The van der Waals surface area contributed by atoms with Crippen molar-refractivity contribution in [3.8, 4) is 11.3 Å². The van der Waals surface area contributed by atoms with Gasteiger partial charge in [0.15, 0.2) is 0 Å². The summed E-state index contributed by atoms with van der Waals surface area (Å²) in [5.41, 5.74) is 3.56. The third-order valence-corrected chi connectivity index (χ3v) is 3.88. The zero-order valence-electron chi connectivity index (χ0n) is 12.5. The number of imidazole rings is 1. The van der Waals surface area contributed by atoms with Gasteiger partial charge in [0.05, 0.1) is 5.69 Å². The van der Waals surface area contributed by atoms with E-state index in [0.29, 0.717) is 5.52 Å². The van der Waals surface area contributed by atoms with Crippen molar-refractivity contribution in [1.29, 1.82) is 0 Å². The summed E-state index contributed by atoms with van der Waals surface area (Å²) < 4.78 is 3.90. The lowest BCUT2D eigenvalue weighted by atomic mass is 10.2. The van der Waals surface area contributed by atoms with Gasteiger partial charge in [0.25, 0.3) is 5.56 Å². The largest absolute Gasteiger partial charge is 0.315 e. The molecule has 4 rings (SSSR count). The summed E-state index contributed by atoms with van der Waals surface area (Å²) in [4.78, 5) is 15.3. The molecular weight excluding hydrogens is 286 g/mol. The number of fused-ring (bicyclic) bond motifs is 1. The molecule has 4 nitrogen and oxygen atoms in total. The van der Waals surface area contributed by atoms with Crippen LogP contribution in [0.2, 0.25) is 0 Å². The Kier molecular flexibility index (Phi) is 3.27. The van der Waals surface area contributed by atoms with Gasteiger partial charge >= 0.3 is 0 Å². The zero-order valence-corrected chi connectivity index (χ0v) is 12.5. The number of hydrogen-bond acceptors (Lipinski definition) is 1. The monoisotopic (exact) mass is 302 g/mol. The lowest BCUT2D eigenvalue weighted by molar-refractivity contribution is -0.686. The first-order valence-electron chi connectivity index (χ1n) is 7.53. The van der Waals surface area contributed by atoms with Crippen molar-refractivity contribution in [3.63, 3.8) is 0 Å². The van der Waals surface area contributed by atoms with Crippen LogP contribution in [0, 0.1) is 0 Å². The average Bonchev–Trinajstić information content (AvgIpc) is 2.99. The van der Waals surface area contributed by atoms with Crippen molar-refractivity contribution in [1.82, 2.24) is 9.38 Å². The fourth-order valence-electron chi connectivity index (χ4n) is 2.76. The van der Waals surface area contributed by atoms with Crippen LogP contribution in [0.4, 0.5) is 0 Å². The van der Waals surface area contributed by atoms with E-state index >= 15 is 0 Å². The van der Waals surface area contributed by atoms with Crippen LogP contribution in [-0.4, -0.2) is 9.38 Å². The van der Waals surface area contributed by atoms with Gasteiger partial charge in [0.2, 0.25) is 11.8 Å². The molecule has 2 aromatic carbocycles.